The van der Waals surface area contributed by atoms with Gasteiger partial charge in [-0.3, -0.25) is 4.79 Å². The molecule has 2 saturated heterocycles. The third-order valence-corrected chi connectivity index (χ3v) is 7.17. The van der Waals surface area contributed by atoms with Gasteiger partial charge in [-0.15, -0.1) is 0 Å². The van der Waals surface area contributed by atoms with E-state index in [4.69, 9.17) is 9.84 Å². The van der Waals surface area contributed by atoms with Gasteiger partial charge in [0.2, 0.25) is 0 Å². The summed E-state index contributed by atoms with van der Waals surface area (Å²) in [7, 11) is 0. The second-order valence-corrected chi connectivity index (χ2v) is 9.11. The summed E-state index contributed by atoms with van der Waals surface area (Å²) in [6.45, 7) is 0. The Hall–Kier alpha value is -1.94. The number of hydrogen-bond donors (Lipinski definition) is 1. The SMILES string of the molecule is O=C(/C=C/[C@H]1[C@H](CCc2ccc(C(=O)O)cc2)[C@H]2CC[C@@H]1O2)CC1CCCCC1. The van der Waals surface area contributed by atoms with Crippen LogP contribution >= 0.6 is 0 Å². The van der Waals surface area contributed by atoms with E-state index in [9.17, 15) is 9.59 Å². The number of rotatable bonds is 8. The van der Waals surface area contributed by atoms with Crippen molar-refractivity contribution in [1.29, 1.82) is 0 Å². The first-order valence-corrected chi connectivity index (χ1v) is 11.3. The summed E-state index contributed by atoms with van der Waals surface area (Å²) in [4.78, 5) is 23.5. The van der Waals surface area contributed by atoms with Gasteiger partial charge < -0.3 is 9.84 Å². The Kier molecular flexibility index (Phi) is 6.49. The third-order valence-electron chi connectivity index (χ3n) is 7.17. The number of aromatic carboxylic acids is 1. The molecule has 3 aliphatic rings. The van der Waals surface area contributed by atoms with E-state index in [1.807, 2.05) is 18.2 Å². The summed E-state index contributed by atoms with van der Waals surface area (Å²) in [6, 6.07) is 7.18. The molecule has 0 spiro atoms. The molecule has 4 heteroatoms. The number of fused-ring (bicyclic) bond motifs is 2. The van der Waals surface area contributed by atoms with Crippen LogP contribution in [0.4, 0.5) is 0 Å². The zero-order valence-electron chi connectivity index (χ0n) is 17.1. The quantitative estimate of drug-likeness (QED) is 0.613. The molecule has 4 nitrogen and oxygen atoms in total. The lowest BCUT2D eigenvalue weighted by Crippen LogP contribution is -2.26. The number of carboxylic acid groups (broad SMARTS) is 1. The molecule has 1 saturated carbocycles. The minimum absolute atomic E-state index is 0.262. The summed E-state index contributed by atoms with van der Waals surface area (Å²) in [5, 5.41) is 9.04. The van der Waals surface area contributed by atoms with Crippen molar-refractivity contribution in [2.24, 2.45) is 17.8 Å². The molecule has 1 aromatic rings. The minimum Gasteiger partial charge on any atom is -0.478 e. The summed E-state index contributed by atoms with van der Waals surface area (Å²) >= 11 is 0. The van der Waals surface area contributed by atoms with Crippen LogP contribution in [0.2, 0.25) is 0 Å². The molecule has 1 aromatic carbocycles. The highest BCUT2D eigenvalue weighted by Gasteiger charge is 2.47. The van der Waals surface area contributed by atoms with Gasteiger partial charge in [-0.2, -0.15) is 0 Å². The average Bonchev–Trinajstić information content (AvgIpc) is 3.33. The maximum atomic E-state index is 12.5. The summed E-state index contributed by atoms with van der Waals surface area (Å²) in [6.07, 6.45) is 15.7. The zero-order valence-corrected chi connectivity index (χ0v) is 17.1. The van der Waals surface area contributed by atoms with Gasteiger partial charge in [0.15, 0.2) is 5.78 Å². The number of carbonyl (C=O) groups is 2. The predicted octanol–water partition coefficient (Wildman–Crippen LogP) is 5.21. The molecule has 0 unspecified atom stereocenters. The zero-order chi connectivity index (χ0) is 20.2. The molecular weight excluding hydrogens is 364 g/mol. The molecular formula is C25H32O4. The Morgan fingerprint density at radius 3 is 2.45 bits per heavy atom. The number of benzene rings is 1. The fraction of sp³-hybridized carbons (Fsp3) is 0.600. The lowest BCUT2D eigenvalue weighted by Gasteiger charge is -2.26. The standard InChI is InChI=1S/C25H32O4/c26-20(16-18-4-2-1-3-5-18)11-13-22-21(23-14-15-24(22)29-23)12-8-17-6-9-19(10-7-17)25(27)28/h6-7,9-11,13,18,21-24H,1-5,8,12,14-16H2,(H,27,28)/b13-11+/t21-,22-,23+,24-/m0/s1. The lowest BCUT2D eigenvalue weighted by atomic mass is 9.76. The maximum Gasteiger partial charge on any atom is 0.335 e. The Bertz CT molecular complexity index is 745. The topological polar surface area (TPSA) is 63.6 Å². The molecule has 2 bridgehead atoms. The van der Waals surface area contributed by atoms with Crippen LogP contribution in [0, 0.1) is 17.8 Å². The van der Waals surface area contributed by atoms with Crippen molar-refractivity contribution in [3.05, 3.63) is 47.5 Å². The number of hydrogen-bond acceptors (Lipinski definition) is 3. The van der Waals surface area contributed by atoms with E-state index in [0.717, 1.165) is 31.2 Å². The number of allylic oxidation sites excluding steroid dienone is 1. The number of ketones is 1. The molecule has 2 aliphatic heterocycles. The average molecular weight is 397 g/mol. The van der Waals surface area contributed by atoms with Crippen molar-refractivity contribution < 1.29 is 19.4 Å². The molecule has 0 amide bonds. The van der Waals surface area contributed by atoms with Crippen LogP contribution in [0.5, 0.6) is 0 Å². The molecule has 4 rings (SSSR count). The molecule has 1 N–H and O–H groups in total. The van der Waals surface area contributed by atoms with E-state index < -0.39 is 5.97 Å². The minimum atomic E-state index is -0.888. The third kappa shape index (κ3) is 4.98. The van der Waals surface area contributed by atoms with Crippen LogP contribution in [0.25, 0.3) is 0 Å². The predicted molar refractivity (Wildman–Crippen MR) is 112 cm³/mol. The molecule has 2 heterocycles. The van der Waals surface area contributed by atoms with E-state index in [2.05, 4.69) is 6.08 Å². The molecule has 156 valence electrons. The van der Waals surface area contributed by atoms with Crippen LogP contribution < -0.4 is 0 Å². The second kappa shape index (κ2) is 9.25. The van der Waals surface area contributed by atoms with E-state index in [1.165, 1.54) is 32.1 Å². The Balaban J connectivity index is 1.33. The Morgan fingerprint density at radius 1 is 1.00 bits per heavy atom. The second-order valence-electron chi connectivity index (χ2n) is 9.11. The van der Waals surface area contributed by atoms with Crippen molar-refractivity contribution in [2.45, 2.75) is 76.4 Å². The van der Waals surface area contributed by atoms with Crippen molar-refractivity contribution in [3.8, 4) is 0 Å². The van der Waals surface area contributed by atoms with Gasteiger partial charge in [0.25, 0.3) is 0 Å². The molecule has 3 fully saturated rings. The largest absolute Gasteiger partial charge is 0.478 e. The number of ether oxygens (including phenoxy) is 1. The highest BCUT2D eigenvalue weighted by molar-refractivity contribution is 5.89. The Labute approximate surface area is 173 Å². The lowest BCUT2D eigenvalue weighted by molar-refractivity contribution is -0.115. The number of aryl methyl sites for hydroxylation is 1. The van der Waals surface area contributed by atoms with Gasteiger partial charge in [0.05, 0.1) is 17.8 Å². The van der Waals surface area contributed by atoms with Crippen LogP contribution in [0.3, 0.4) is 0 Å². The van der Waals surface area contributed by atoms with E-state index in [0.29, 0.717) is 35.8 Å². The molecule has 4 atom stereocenters. The van der Waals surface area contributed by atoms with Gasteiger partial charge >= 0.3 is 5.97 Å². The van der Waals surface area contributed by atoms with Crippen LogP contribution in [-0.2, 0) is 16.0 Å². The normalized spacial score (nSPS) is 29.5. The molecule has 1 aliphatic carbocycles. The molecule has 0 radical (unpaired) electrons. The van der Waals surface area contributed by atoms with Gasteiger partial charge in [0.1, 0.15) is 0 Å². The van der Waals surface area contributed by atoms with Gasteiger partial charge in [0, 0.05) is 12.3 Å². The van der Waals surface area contributed by atoms with Crippen LogP contribution in [0.1, 0.15) is 73.7 Å². The summed E-state index contributed by atoms with van der Waals surface area (Å²) < 4.78 is 6.18. The van der Waals surface area contributed by atoms with Crippen molar-refractivity contribution in [2.75, 3.05) is 0 Å². The van der Waals surface area contributed by atoms with E-state index in [-0.39, 0.29) is 11.9 Å². The van der Waals surface area contributed by atoms with Crippen molar-refractivity contribution >= 4 is 11.8 Å². The van der Waals surface area contributed by atoms with Crippen molar-refractivity contribution in [3.63, 3.8) is 0 Å². The first-order chi connectivity index (χ1) is 14.1. The van der Waals surface area contributed by atoms with Crippen LogP contribution in [0.15, 0.2) is 36.4 Å². The monoisotopic (exact) mass is 396 g/mol. The van der Waals surface area contributed by atoms with Crippen molar-refractivity contribution in [1.82, 2.24) is 0 Å². The maximum absolute atomic E-state index is 12.5. The first kappa shape index (κ1) is 20.3. The Morgan fingerprint density at radius 2 is 1.72 bits per heavy atom. The van der Waals surface area contributed by atoms with Crippen LogP contribution in [-0.4, -0.2) is 29.1 Å². The highest BCUT2D eigenvalue weighted by Crippen LogP contribution is 2.46. The van der Waals surface area contributed by atoms with E-state index >= 15 is 0 Å². The highest BCUT2D eigenvalue weighted by atomic mass is 16.5. The van der Waals surface area contributed by atoms with E-state index in [1.54, 1.807) is 12.1 Å². The van der Waals surface area contributed by atoms with Gasteiger partial charge in [-0.05, 0) is 61.3 Å². The number of carbonyl (C=O) groups excluding carboxylic acids is 1. The molecule has 0 aromatic heterocycles. The first-order valence-electron chi connectivity index (χ1n) is 11.3. The fourth-order valence-electron chi connectivity index (χ4n) is 5.57. The van der Waals surface area contributed by atoms with Gasteiger partial charge in [-0.1, -0.05) is 50.3 Å². The summed E-state index contributed by atoms with van der Waals surface area (Å²) in [5.74, 6) is 0.763. The van der Waals surface area contributed by atoms with Gasteiger partial charge in [-0.25, -0.2) is 4.79 Å². The number of carboxylic acids is 1. The smallest absolute Gasteiger partial charge is 0.335 e. The molecule has 29 heavy (non-hydrogen) atoms. The summed E-state index contributed by atoms with van der Waals surface area (Å²) in [5.41, 5.74) is 1.49. The fourth-order valence-corrected chi connectivity index (χ4v) is 5.57.